The maximum atomic E-state index is 13.6. The number of benzene rings is 1. The van der Waals surface area contributed by atoms with Crippen LogP contribution >= 0.6 is 11.3 Å². The van der Waals surface area contributed by atoms with Crippen molar-refractivity contribution in [3.8, 4) is 0 Å². The van der Waals surface area contributed by atoms with E-state index in [0.29, 0.717) is 24.6 Å². The Bertz CT molecular complexity index is 1660. The number of nitrogens with zero attached hydrogens (tertiary/aromatic N) is 8. The zero-order valence-corrected chi connectivity index (χ0v) is 20.4. The summed E-state index contributed by atoms with van der Waals surface area (Å²) in [5, 5.41) is 0.606. The Morgan fingerprint density at radius 2 is 1.97 bits per heavy atom. The van der Waals surface area contributed by atoms with E-state index in [0.717, 1.165) is 20.3 Å². The van der Waals surface area contributed by atoms with Gasteiger partial charge in [-0.15, -0.1) is 0 Å². The highest BCUT2D eigenvalue weighted by Crippen LogP contribution is 2.31. The second-order valence-electron chi connectivity index (χ2n) is 8.37. The molecule has 0 fully saturated rings. The second kappa shape index (κ2) is 8.95. The maximum absolute atomic E-state index is 13.6. The molecule has 180 valence electrons. The van der Waals surface area contributed by atoms with Crippen LogP contribution in [0.3, 0.4) is 0 Å². The van der Waals surface area contributed by atoms with Crippen LogP contribution in [-0.2, 0) is 32.0 Å². The van der Waals surface area contributed by atoms with E-state index in [1.54, 1.807) is 24.5 Å². The minimum Gasteiger partial charge on any atom is -0.337 e. The van der Waals surface area contributed by atoms with E-state index in [9.17, 15) is 14.4 Å². The molecule has 0 aliphatic carbocycles. The molecule has 0 spiro atoms. The maximum Gasteiger partial charge on any atom is 0.332 e. The molecular weight excluding hydrogens is 468 g/mol. The summed E-state index contributed by atoms with van der Waals surface area (Å²) in [7, 11) is 2.96. The number of aryl methyl sites for hydroxylation is 3. The number of carbonyl (C=O) groups is 1. The molecule has 1 amide bonds. The monoisotopic (exact) mass is 492 g/mol. The summed E-state index contributed by atoms with van der Waals surface area (Å²) < 4.78 is 6.78. The number of para-hydroxylation sites is 1. The molecule has 35 heavy (non-hydrogen) atoms. The van der Waals surface area contributed by atoms with Crippen molar-refractivity contribution in [2.75, 3.05) is 11.4 Å². The average molecular weight is 493 g/mol. The number of fused-ring (bicyclic) bond motifs is 2. The number of carbonyl (C=O) groups excluding carboxylic acids is 1. The quantitative estimate of drug-likeness (QED) is 0.342. The molecule has 0 radical (unpaired) electrons. The van der Waals surface area contributed by atoms with Gasteiger partial charge in [0, 0.05) is 39.6 Å². The average Bonchev–Trinajstić information content (AvgIpc) is 3.59. The van der Waals surface area contributed by atoms with Crippen LogP contribution in [0.2, 0.25) is 0 Å². The Kier molecular flexibility index (Phi) is 5.81. The van der Waals surface area contributed by atoms with E-state index in [-0.39, 0.29) is 23.6 Å². The van der Waals surface area contributed by atoms with Crippen LogP contribution in [0.1, 0.15) is 12.0 Å². The molecule has 11 nitrogen and oxygen atoms in total. The van der Waals surface area contributed by atoms with Gasteiger partial charge in [0.15, 0.2) is 16.3 Å². The number of amides is 1. The van der Waals surface area contributed by atoms with Gasteiger partial charge in [0.25, 0.3) is 5.56 Å². The van der Waals surface area contributed by atoms with Gasteiger partial charge in [-0.1, -0.05) is 23.5 Å². The summed E-state index contributed by atoms with van der Waals surface area (Å²) in [6, 6.07) is 5.96. The molecule has 0 aliphatic rings. The highest BCUT2D eigenvalue weighted by atomic mass is 32.1. The predicted molar refractivity (Wildman–Crippen MR) is 134 cm³/mol. The van der Waals surface area contributed by atoms with E-state index in [1.165, 1.54) is 33.8 Å². The third-order valence-electron chi connectivity index (χ3n) is 6.02. The highest BCUT2D eigenvalue weighted by Gasteiger charge is 2.23. The number of imidazole rings is 2. The number of hydrogen-bond acceptors (Lipinski definition) is 7. The fourth-order valence-corrected chi connectivity index (χ4v) is 5.18. The summed E-state index contributed by atoms with van der Waals surface area (Å²) in [6.45, 7) is 3.03. The number of anilines is 1. The first kappa shape index (κ1) is 22.7. The zero-order chi connectivity index (χ0) is 24.7. The first-order valence-electron chi connectivity index (χ1n) is 11.1. The van der Waals surface area contributed by atoms with Crippen LogP contribution in [-0.4, -0.2) is 45.7 Å². The van der Waals surface area contributed by atoms with Gasteiger partial charge in [0.2, 0.25) is 5.91 Å². The lowest BCUT2D eigenvalue weighted by atomic mass is 10.2. The van der Waals surface area contributed by atoms with Gasteiger partial charge in [0.1, 0.15) is 6.54 Å². The molecule has 4 aromatic heterocycles. The van der Waals surface area contributed by atoms with Crippen molar-refractivity contribution in [2.24, 2.45) is 14.1 Å². The van der Waals surface area contributed by atoms with Gasteiger partial charge < -0.3 is 9.13 Å². The molecule has 0 bridgehead atoms. The van der Waals surface area contributed by atoms with Crippen molar-refractivity contribution in [3.05, 3.63) is 69.6 Å². The van der Waals surface area contributed by atoms with Gasteiger partial charge in [-0.05, 0) is 25.0 Å². The highest BCUT2D eigenvalue weighted by molar-refractivity contribution is 7.22. The topological polar surface area (TPSA) is 113 Å². The fraction of sp³-hybridized carbons (Fsp3) is 0.304. The molecule has 12 heteroatoms. The fourth-order valence-electron chi connectivity index (χ4n) is 4.10. The van der Waals surface area contributed by atoms with E-state index in [4.69, 9.17) is 4.98 Å². The number of thiazole rings is 1. The number of aromatic nitrogens is 7. The minimum atomic E-state index is -0.490. The SMILES string of the molecule is Cc1cccc2sc(N(CCCn3ccnc3)C(=O)Cn3cnc4c3c(=O)n(C)c(=O)n4C)nc12. The number of rotatable bonds is 7. The van der Waals surface area contributed by atoms with E-state index < -0.39 is 11.2 Å². The van der Waals surface area contributed by atoms with E-state index >= 15 is 0 Å². The Hall–Kier alpha value is -4.06. The molecule has 5 rings (SSSR count). The van der Waals surface area contributed by atoms with Crippen LogP contribution in [0.15, 0.2) is 52.8 Å². The zero-order valence-electron chi connectivity index (χ0n) is 19.6. The lowest BCUT2D eigenvalue weighted by Gasteiger charge is -2.20. The molecule has 0 saturated carbocycles. The van der Waals surface area contributed by atoms with Gasteiger partial charge in [0.05, 0.1) is 22.9 Å². The van der Waals surface area contributed by atoms with Gasteiger partial charge in [-0.25, -0.2) is 19.7 Å². The molecule has 1 aromatic carbocycles. The van der Waals surface area contributed by atoms with Gasteiger partial charge in [-0.3, -0.25) is 23.6 Å². The molecule has 0 N–H and O–H groups in total. The van der Waals surface area contributed by atoms with Crippen LogP contribution in [0.4, 0.5) is 5.13 Å². The van der Waals surface area contributed by atoms with E-state index in [2.05, 4.69) is 9.97 Å². The Labute approximate surface area is 203 Å². The van der Waals surface area contributed by atoms with E-state index in [1.807, 2.05) is 35.9 Å². The molecule has 0 unspecified atom stereocenters. The summed E-state index contributed by atoms with van der Waals surface area (Å²) >= 11 is 1.46. The van der Waals surface area contributed by atoms with Crippen LogP contribution < -0.4 is 16.1 Å². The van der Waals surface area contributed by atoms with Crippen molar-refractivity contribution >= 4 is 43.8 Å². The predicted octanol–water partition coefficient (Wildman–Crippen LogP) is 1.67. The van der Waals surface area contributed by atoms with Crippen molar-refractivity contribution in [3.63, 3.8) is 0 Å². The molecule has 0 saturated heterocycles. The second-order valence-corrected chi connectivity index (χ2v) is 9.38. The standard InChI is InChI=1S/C23H24N8O3S/c1-15-6-4-7-16-18(15)26-22(35-16)31(10-5-9-29-11-8-24-13-29)17(32)12-30-14-25-20-19(30)21(33)28(3)23(34)27(20)2/h4,6-8,11,13-14H,5,9-10,12H2,1-3H3. The van der Waals surface area contributed by atoms with Crippen LogP contribution in [0.25, 0.3) is 21.4 Å². The van der Waals surface area contributed by atoms with Crippen molar-refractivity contribution < 1.29 is 4.79 Å². The van der Waals surface area contributed by atoms with Gasteiger partial charge in [-0.2, -0.15) is 0 Å². The Balaban J connectivity index is 1.49. The Morgan fingerprint density at radius 1 is 1.14 bits per heavy atom. The summed E-state index contributed by atoms with van der Waals surface area (Å²) in [4.78, 5) is 53.4. The van der Waals surface area contributed by atoms with Crippen molar-refractivity contribution in [1.29, 1.82) is 0 Å². The third-order valence-corrected chi connectivity index (χ3v) is 7.07. The molecule has 5 aromatic rings. The van der Waals surface area contributed by atoms with Gasteiger partial charge >= 0.3 is 5.69 Å². The van der Waals surface area contributed by atoms with Crippen LogP contribution in [0.5, 0.6) is 0 Å². The van der Waals surface area contributed by atoms with Crippen molar-refractivity contribution in [2.45, 2.75) is 26.4 Å². The Morgan fingerprint density at radius 3 is 2.71 bits per heavy atom. The van der Waals surface area contributed by atoms with Crippen molar-refractivity contribution in [1.82, 2.24) is 33.2 Å². The molecule has 4 heterocycles. The number of hydrogen-bond donors (Lipinski definition) is 0. The largest absolute Gasteiger partial charge is 0.337 e. The third kappa shape index (κ3) is 4.05. The molecule has 0 atom stereocenters. The summed E-state index contributed by atoms with van der Waals surface area (Å²) in [5.74, 6) is -0.220. The lowest BCUT2D eigenvalue weighted by Crippen LogP contribution is -2.39. The minimum absolute atomic E-state index is 0.107. The van der Waals surface area contributed by atoms with Crippen LogP contribution in [0, 0.1) is 6.92 Å². The smallest absolute Gasteiger partial charge is 0.332 e. The summed E-state index contributed by atoms with van der Waals surface area (Å²) in [5.41, 5.74) is 1.41. The first-order valence-corrected chi connectivity index (χ1v) is 11.9. The molecule has 0 aliphatic heterocycles. The lowest BCUT2D eigenvalue weighted by molar-refractivity contribution is -0.119. The summed E-state index contributed by atoms with van der Waals surface area (Å²) in [6.07, 6.45) is 7.46. The molecular formula is C23H24N8O3S. The normalized spacial score (nSPS) is 11.5. The first-order chi connectivity index (χ1) is 16.8.